The largest absolute Gasteiger partial charge is 0.305 e. The van der Waals surface area contributed by atoms with Gasteiger partial charge in [-0.25, -0.2) is 9.98 Å². The lowest BCUT2D eigenvalue weighted by Crippen LogP contribution is -2.19. The van der Waals surface area contributed by atoms with Crippen LogP contribution in [0.3, 0.4) is 0 Å². The Bertz CT molecular complexity index is 487. The molecule has 2 aliphatic rings. The highest BCUT2D eigenvalue weighted by atomic mass is 15.3. The maximum Gasteiger partial charge on any atom is 0.159 e. The average Bonchev–Trinajstić information content (AvgIpc) is 2.71. The van der Waals surface area contributed by atoms with Crippen LogP contribution in [0.5, 0.6) is 0 Å². The first kappa shape index (κ1) is 5.88. The van der Waals surface area contributed by atoms with Crippen LogP contribution in [0.1, 0.15) is 11.1 Å². The summed E-state index contributed by atoms with van der Waals surface area (Å²) in [6, 6.07) is 0. The molecule has 3 heterocycles. The first-order valence-electron chi connectivity index (χ1n) is 3.78. The molecular formula is C8H6N4. The lowest BCUT2D eigenvalue weighted by atomic mass is 10.1. The Morgan fingerprint density at radius 2 is 2.42 bits per heavy atom. The minimum Gasteiger partial charge on any atom is -0.305 e. The van der Waals surface area contributed by atoms with Crippen molar-refractivity contribution in [3.05, 3.63) is 34.4 Å². The molecule has 0 unspecified atom stereocenters. The van der Waals surface area contributed by atoms with Crippen LogP contribution >= 0.6 is 0 Å². The van der Waals surface area contributed by atoms with Crippen LogP contribution in [-0.4, -0.2) is 4.98 Å². The molecule has 1 aromatic rings. The van der Waals surface area contributed by atoms with Crippen LogP contribution in [0.2, 0.25) is 0 Å². The summed E-state index contributed by atoms with van der Waals surface area (Å²) in [6.45, 7) is 0.792. The van der Waals surface area contributed by atoms with Gasteiger partial charge >= 0.3 is 0 Å². The molecule has 0 radical (unpaired) electrons. The lowest BCUT2D eigenvalue weighted by Gasteiger charge is -1.94. The topological polar surface area (TPSA) is 49.6 Å². The van der Waals surface area contributed by atoms with Gasteiger partial charge in [-0.2, -0.15) is 5.10 Å². The molecule has 0 amide bonds. The summed E-state index contributed by atoms with van der Waals surface area (Å²) in [5.74, 6) is 0. The zero-order valence-electron chi connectivity index (χ0n) is 6.28. The second kappa shape index (κ2) is 1.91. The molecule has 12 heavy (non-hydrogen) atoms. The van der Waals surface area contributed by atoms with Crippen molar-refractivity contribution in [3.63, 3.8) is 0 Å². The van der Waals surface area contributed by atoms with Crippen LogP contribution in [0, 0.1) is 0 Å². The van der Waals surface area contributed by atoms with Gasteiger partial charge in [-0.05, 0) is 6.08 Å². The average molecular weight is 158 g/mol. The summed E-state index contributed by atoms with van der Waals surface area (Å²) < 4.78 is 0. The Labute approximate surface area is 68.4 Å². The Morgan fingerprint density at radius 1 is 1.42 bits per heavy atom. The summed E-state index contributed by atoms with van der Waals surface area (Å²) >= 11 is 0. The van der Waals surface area contributed by atoms with E-state index >= 15 is 0 Å². The van der Waals surface area contributed by atoms with E-state index in [0.29, 0.717) is 0 Å². The van der Waals surface area contributed by atoms with Crippen LogP contribution < -0.4 is 16.3 Å². The molecule has 0 aromatic carbocycles. The van der Waals surface area contributed by atoms with E-state index in [2.05, 4.69) is 20.5 Å². The number of aromatic nitrogens is 1. The normalized spacial score (nSPS) is 16.0. The van der Waals surface area contributed by atoms with Crippen molar-refractivity contribution < 1.29 is 0 Å². The highest BCUT2D eigenvalue weighted by molar-refractivity contribution is 5.54. The van der Waals surface area contributed by atoms with Gasteiger partial charge < -0.3 is 5.43 Å². The number of nitrogens with zero attached hydrogens (tertiary/aromatic N) is 3. The standard InChI is InChI=1S/C8H6N4/c1-2-9-8-5(1)6-3-11-12-7(6)4-10-8/h1-2,4,11H,3H2. The summed E-state index contributed by atoms with van der Waals surface area (Å²) in [5.41, 5.74) is 6.06. The van der Waals surface area contributed by atoms with E-state index in [4.69, 9.17) is 0 Å². The second-order valence-corrected chi connectivity index (χ2v) is 2.75. The van der Waals surface area contributed by atoms with Crippen LogP contribution in [-0.2, 0) is 6.54 Å². The number of hydrogen-bond acceptors (Lipinski definition) is 4. The molecule has 0 fully saturated rings. The number of rotatable bonds is 0. The smallest absolute Gasteiger partial charge is 0.159 e. The van der Waals surface area contributed by atoms with E-state index < -0.39 is 0 Å². The maximum atomic E-state index is 4.17. The Balaban J connectivity index is 2.50. The zero-order valence-corrected chi connectivity index (χ0v) is 6.28. The molecule has 0 saturated carbocycles. The molecule has 1 aromatic heterocycles. The van der Waals surface area contributed by atoms with Gasteiger partial charge in [0.2, 0.25) is 0 Å². The third-order valence-electron chi connectivity index (χ3n) is 2.08. The van der Waals surface area contributed by atoms with E-state index in [1.54, 1.807) is 12.4 Å². The molecule has 0 aliphatic carbocycles. The number of fused-ring (bicyclic) bond motifs is 3. The molecule has 0 bridgehead atoms. The van der Waals surface area contributed by atoms with Gasteiger partial charge in [0.15, 0.2) is 5.49 Å². The fraction of sp³-hybridized carbons (Fsp3) is 0.125. The second-order valence-electron chi connectivity index (χ2n) is 2.75. The molecule has 0 atom stereocenters. The fourth-order valence-corrected chi connectivity index (χ4v) is 1.49. The highest BCUT2D eigenvalue weighted by Crippen LogP contribution is 2.06. The molecule has 3 rings (SSSR count). The summed E-state index contributed by atoms with van der Waals surface area (Å²) in [6.07, 6.45) is 5.50. The van der Waals surface area contributed by atoms with Crippen molar-refractivity contribution in [3.8, 4) is 0 Å². The van der Waals surface area contributed by atoms with E-state index in [9.17, 15) is 0 Å². The Kier molecular flexibility index (Phi) is 0.935. The Hall–Kier alpha value is -1.71. The van der Waals surface area contributed by atoms with Crippen LogP contribution in [0.4, 0.5) is 0 Å². The quantitative estimate of drug-likeness (QED) is 0.544. The van der Waals surface area contributed by atoms with Gasteiger partial charge in [0.1, 0.15) is 5.36 Å². The van der Waals surface area contributed by atoms with Crippen molar-refractivity contribution in [2.24, 2.45) is 10.1 Å². The van der Waals surface area contributed by atoms with Crippen molar-refractivity contribution in [2.45, 2.75) is 6.54 Å². The molecule has 4 heteroatoms. The van der Waals surface area contributed by atoms with E-state index in [0.717, 1.165) is 23.0 Å². The van der Waals surface area contributed by atoms with Crippen molar-refractivity contribution in [1.82, 2.24) is 10.4 Å². The molecule has 2 aliphatic heterocycles. The third-order valence-corrected chi connectivity index (χ3v) is 2.08. The SMILES string of the molecule is C1=Cc2c3c(cnc2=N1)=NNC3. The third kappa shape index (κ3) is 0.592. The molecule has 4 nitrogen and oxygen atoms in total. The number of nitrogens with one attached hydrogen (secondary N) is 1. The minimum absolute atomic E-state index is 0.792. The predicted octanol–water partition coefficient (Wildman–Crippen LogP) is -0.677. The highest BCUT2D eigenvalue weighted by Gasteiger charge is 2.12. The molecular weight excluding hydrogens is 152 g/mol. The number of pyridine rings is 1. The fourth-order valence-electron chi connectivity index (χ4n) is 1.49. The molecule has 0 spiro atoms. The van der Waals surface area contributed by atoms with Gasteiger partial charge in [0, 0.05) is 17.3 Å². The van der Waals surface area contributed by atoms with Gasteiger partial charge in [-0.3, -0.25) is 0 Å². The molecule has 58 valence electrons. The summed E-state index contributed by atoms with van der Waals surface area (Å²) in [4.78, 5) is 8.28. The van der Waals surface area contributed by atoms with Crippen molar-refractivity contribution in [1.29, 1.82) is 0 Å². The van der Waals surface area contributed by atoms with Gasteiger partial charge in [0.25, 0.3) is 0 Å². The van der Waals surface area contributed by atoms with Gasteiger partial charge in [-0.1, -0.05) is 0 Å². The van der Waals surface area contributed by atoms with Crippen LogP contribution in [0.25, 0.3) is 6.08 Å². The minimum atomic E-state index is 0.792. The van der Waals surface area contributed by atoms with E-state index in [1.807, 2.05) is 6.08 Å². The monoisotopic (exact) mass is 158 g/mol. The van der Waals surface area contributed by atoms with E-state index in [-0.39, 0.29) is 0 Å². The first-order chi connectivity index (χ1) is 5.95. The predicted molar refractivity (Wildman–Crippen MR) is 42.4 cm³/mol. The summed E-state index contributed by atoms with van der Waals surface area (Å²) in [5, 5.41) is 5.03. The molecule has 0 saturated heterocycles. The van der Waals surface area contributed by atoms with Crippen LogP contribution in [0.15, 0.2) is 22.5 Å². The van der Waals surface area contributed by atoms with Gasteiger partial charge in [-0.15, -0.1) is 0 Å². The van der Waals surface area contributed by atoms with Crippen molar-refractivity contribution in [2.75, 3.05) is 0 Å². The number of hydrogen-bond donors (Lipinski definition) is 1. The maximum absolute atomic E-state index is 4.17. The van der Waals surface area contributed by atoms with E-state index in [1.165, 1.54) is 5.56 Å². The summed E-state index contributed by atoms with van der Waals surface area (Å²) in [7, 11) is 0. The lowest BCUT2D eigenvalue weighted by molar-refractivity contribution is 0.778. The van der Waals surface area contributed by atoms with Gasteiger partial charge in [0.05, 0.1) is 12.7 Å². The Morgan fingerprint density at radius 3 is 3.42 bits per heavy atom. The zero-order chi connectivity index (χ0) is 7.97. The van der Waals surface area contributed by atoms with Crippen molar-refractivity contribution >= 4 is 6.08 Å². The molecule has 1 N–H and O–H groups in total. The first-order valence-corrected chi connectivity index (χ1v) is 3.78.